The van der Waals surface area contributed by atoms with Gasteiger partial charge in [0.15, 0.2) is 5.78 Å². The van der Waals surface area contributed by atoms with Gasteiger partial charge < -0.3 is 10.1 Å². The van der Waals surface area contributed by atoms with Crippen LogP contribution in [0.1, 0.15) is 32.0 Å². The third-order valence-corrected chi connectivity index (χ3v) is 3.67. The number of fused-ring (bicyclic) bond motifs is 4. The van der Waals surface area contributed by atoms with Crippen molar-refractivity contribution in [3.8, 4) is 5.75 Å². The van der Waals surface area contributed by atoms with Crippen molar-refractivity contribution in [1.29, 1.82) is 0 Å². The van der Waals surface area contributed by atoms with Gasteiger partial charge in [-0.25, -0.2) is 0 Å². The van der Waals surface area contributed by atoms with Crippen molar-refractivity contribution in [3.63, 3.8) is 0 Å². The van der Waals surface area contributed by atoms with Crippen LogP contribution in [0.3, 0.4) is 0 Å². The highest BCUT2D eigenvalue weighted by Gasteiger charge is 2.34. The molecule has 0 spiro atoms. The Morgan fingerprint density at radius 3 is 2.50 bits per heavy atom. The fourth-order valence-electron chi connectivity index (χ4n) is 2.78. The maximum Gasteiger partial charge on any atom is 0.210 e. The van der Waals surface area contributed by atoms with Crippen LogP contribution >= 0.6 is 0 Å². The molecule has 20 heavy (non-hydrogen) atoms. The summed E-state index contributed by atoms with van der Waals surface area (Å²) in [5.41, 5.74) is 1.73. The second kappa shape index (κ2) is 3.57. The number of aromatic nitrogens is 1. The number of phenolic OH excluding ortho intramolecular Hbond substituents is 1. The maximum absolute atomic E-state index is 12.6. The monoisotopic (exact) mass is 263 g/mol. The van der Waals surface area contributed by atoms with Crippen molar-refractivity contribution in [2.24, 2.45) is 0 Å². The van der Waals surface area contributed by atoms with Gasteiger partial charge in [-0.2, -0.15) is 0 Å². The van der Waals surface area contributed by atoms with E-state index in [0.29, 0.717) is 16.6 Å². The van der Waals surface area contributed by atoms with E-state index in [0.717, 1.165) is 5.52 Å². The normalized spacial score (nSPS) is 13.4. The Morgan fingerprint density at radius 1 is 0.850 bits per heavy atom. The number of phenols is 1. The van der Waals surface area contributed by atoms with Gasteiger partial charge in [-0.1, -0.05) is 24.3 Å². The van der Waals surface area contributed by atoms with Crippen LogP contribution in [0.5, 0.6) is 5.75 Å². The van der Waals surface area contributed by atoms with Crippen LogP contribution in [-0.4, -0.2) is 21.7 Å². The van der Waals surface area contributed by atoms with Gasteiger partial charge in [0.05, 0.1) is 16.8 Å². The number of H-pyrrole nitrogens is 1. The molecule has 0 amide bonds. The van der Waals surface area contributed by atoms with Crippen molar-refractivity contribution in [2.45, 2.75) is 0 Å². The SMILES string of the molecule is O=C1c2cccc(O)c2C(=O)c2c1[nH]c1ccccc21. The number of rotatable bonds is 0. The van der Waals surface area contributed by atoms with Gasteiger partial charge in [-0.15, -0.1) is 0 Å². The van der Waals surface area contributed by atoms with Gasteiger partial charge in [0.25, 0.3) is 0 Å². The summed E-state index contributed by atoms with van der Waals surface area (Å²) in [5.74, 6) is -0.733. The lowest BCUT2D eigenvalue weighted by molar-refractivity contribution is 0.0975. The molecule has 0 atom stereocenters. The Hall–Kier alpha value is -2.88. The Balaban J connectivity index is 2.14. The van der Waals surface area contributed by atoms with E-state index in [9.17, 15) is 14.7 Å². The third-order valence-electron chi connectivity index (χ3n) is 3.67. The second-order valence-corrected chi connectivity index (χ2v) is 4.78. The topological polar surface area (TPSA) is 70.2 Å². The first kappa shape index (κ1) is 11.0. The first-order valence-corrected chi connectivity index (χ1v) is 6.20. The zero-order valence-corrected chi connectivity index (χ0v) is 10.3. The Labute approximate surface area is 113 Å². The summed E-state index contributed by atoms with van der Waals surface area (Å²) in [6, 6.07) is 11.8. The summed E-state index contributed by atoms with van der Waals surface area (Å²) in [6.45, 7) is 0. The molecule has 1 aliphatic rings. The smallest absolute Gasteiger partial charge is 0.210 e. The van der Waals surface area contributed by atoms with E-state index < -0.39 is 0 Å². The zero-order valence-electron chi connectivity index (χ0n) is 10.3. The zero-order chi connectivity index (χ0) is 13.9. The van der Waals surface area contributed by atoms with Crippen LogP contribution in [0.15, 0.2) is 42.5 Å². The number of para-hydroxylation sites is 1. The van der Waals surface area contributed by atoms with Crippen LogP contribution in [0.4, 0.5) is 0 Å². The van der Waals surface area contributed by atoms with Crippen LogP contribution in [0.2, 0.25) is 0 Å². The first-order valence-electron chi connectivity index (χ1n) is 6.20. The molecule has 2 N–H and O–H groups in total. The molecule has 4 heteroatoms. The minimum Gasteiger partial charge on any atom is -0.507 e. The van der Waals surface area contributed by atoms with Gasteiger partial charge in [0.1, 0.15) is 5.75 Å². The van der Waals surface area contributed by atoms with Crippen LogP contribution < -0.4 is 0 Å². The van der Waals surface area contributed by atoms with E-state index >= 15 is 0 Å². The summed E-state index contributed by atoms with van der Waals surface area (Å²) in [7, 11) is 0. The number of aromatic hydroxyl groups is 1. The lowest BCUT2D eigenvalue weighted by atomic mass is 9.86. The largest absolute Gasteiger partial charge is 0.507 e. The molecule has 1 aliphatic carbocycles. The maximum atomic E-state index is 12.6. The third kappa shape index (κ3) is 1.20. The molecule has 96 valence electrons. The van der Waals surface area contributed by atoms with Crippen molar-refractivity contribution < 1.29 is 14.7 Å². The summed E-state index contributed by atoms with van der Waals surface area (Å²) in [4.78, 5) is 28.1. The number of ketones is 2. The van der Waals surface area contributed by atoms with E-state index in [1.807, 2.05) is 18.2 Å². The molecule has 4 nitrogen and oxygen atoms in total. The highest BCUT2D eigenvalue weighted by Crippen LogP contribution is 2.35. The van der Waals surface area contributed by atoms with Gasteiger partial charge in [-0.3, -0.25) is 9.59 Å². The number of carbonyl (C=O) groups excluding carboxylic acids is 2. The number of hydrogen-bond acceptors (Lipinski definition) is 3. The van der Waals surface area contributed by atoms with Crippen LogP contribution in [-0.2, 0) is 0 Å². The molecule has 2 aromatic carbocycles. The fraction of sp³-hybridized carbons (Fsp3) is 0. The molecule has 0 bridgehead atoms. The molecule has 0 saturated carbocycles. The molecule has 1 aromatic heterocycles. The predicted octanol–water partition coefficient (Wildman–Crippen LogP) is 2.65. The molecule has 0 fully saturated rings. The van der Waals surface area contributed by atoms with Crippen LogP contribution in [0.25, 0.3) is 10.9 Å². The van der Waals surface area contributed by atoms with Gasteiger partial charge in [0, 0.05) is 16.5 Å². The van der Waals surface area contributed by atoms with Gasteiger partial charge >= 0.3 is 0 Å². The summed E-state index contributed by atoms with van der Waals surface area (Å²) in [5, 5.41) is 10.6. The second-order valence-electron chi connectivity index (χ2n) is 4.78. The summed E-state index contributed by atoms with van der Waals surface area (Å²) in [6.07, 6.45) is 0. The standard InChI is InChI=1S/C16H9NO3/c18-11-7-3-5-9-12(11)16(20)13-8-4-1-2-6-10(8)17-14(13)15(9)19/h1-7,17-18H. The highest BCUT2D eigenvalue weighted by atomic mass is 16.3. The summed E-state index contributed by atoms with van der Waals surface area (Å²) < 4.78 is 0. The number of aromatic amines is 1. The van der Waals surface area contributed by atoms with Crippen LogP contribution in [0, 0.1) is 0 Å². The minimum atomic E-state index is -0.315. The molecular formula is C16H9NO3. The average Bonchev–Trinajstić information content (AvgIpc) is 2.84. The quantitative estimate of drug-likeness (QED) is 0.512. The molecule has 4 rings (SSSR count). The van der Waals surface area contributed by atoms with Crippen molar-refractivity contribution in [2.75, 3.05) is 0 Å². The average molecular weight is 263 g/mol. The van der Waals surface area contributed by atoms with E-state index in [-0.39, 0.29) is 28.4 Å². The van der Waals surface area contributed by atoms with Crippen molar-refractivity contribution >= 4 is 22.5 Å². The van der Waals surface area contributed by atoms with E-state index in [4.69, 9.17) is 0 Å². The van der Waals surface area contributed by atoms with Crippen molar-refractivity contribution in [1.82, 2.24) is 4.98 Å². The number of hydrogen-bond donors (Lipinski definition) is 2. The molecule has 0 radical (unpaired) electrons. The Morgan fingerprint density at radius 2 is 1.65 bits per heavy atom. The lowest BCUT2D eigenvalue weighted by Crippen LogP contribution is -2.20. The Bertz CT molecular complexity index is 905. The van der Waals surface area contributed by atoms with E-state index in [2.05, 4.69) is 4.98 Å². The molecule has 3 aromatic rings. The lowest BCUT2D eigenvalue weighted by Gasteiger charge is -2.15. The first-order chi connectivity index (χ1) is 9.68. The van der Waals surface area contributed by atoms with Gasteiger partial charge in [0.2, 0.25) is 5.78 Å². The van der Waals surface area contributed by atoms with E-state index in [1.165, 1.54) is 6.07 Å². The van der Waals surface area contributed by atoms with Crippen molar-refractivity contribution in [3.05, 3.63) is 64.8 Å². The fourth-order valence-corrected chi connectivity index (χ4v) is 2.78. The highest BCUT2D eigenvalue weighted by molar-refractivity contribution is 6.32. The number of benzene rings is 2. The Kier molecular flexibility index (Phi) is 1.96. The van der Waals surface area contributed by atoms with E-state index in [1.54, 1.807) is 18.2 Å². The molecule has 0 saturated heterocycles. The summed E-state index contributed by atoms with van der Waals surface area (Å²) >= 11 is 0. The molecule has 0 unspecified atom stereocenters. The molecule has 0 aliphatic heterocycles. The minimum absolute atomic E-state index is 0.0924. The molecule has 1 heterocycles. The number of carbonyl (C=O) groups is 2. The predicted molar refractivity (Wildman–Crippen MR) is 73.3 cm³/mol. The number of nitrogens with one attached hydrogen (secondary N) is 1. The van der Waals surface area contributed by atoms with Gasteiger partial charge in [-0.05, 0) is 18.2 Å². The molecular weight excluding hydrogens is 254 g/mol.